The van der Waals surface area contributed by atoms with E-state index in [4.69, 9.17) is 4.42 Å². The van der Waals surface area contributed by atoms with Gasteiger partial charge in [-0.1, -0.05) is 6.92 Å². The highest BCUT2D eigenvalue weighted by Gasteiger charge is 2.32. The van der Waals surface area contributed by atoms with E-state index in [2.05, 4.69) is 4.98 Å². The maximum Gasteiger partial charge on any atom is 0.308 e. The van der Waals surface area contributed by atoms with Gasteiger partial charge >= 0.3 is 5.97 Å². The number of carboxylic acids is 1. The van der Waals surface area contributed by atoms with Gasteiger partial charge in [0.2, 0.25) is 11.8 Å². The lowest BCUT2D eigenvalue weighted by molar-refractivity contribution is -0.146. The first-order valence-corrected chi connectivity index (χ1v) is 8.13. The fourth-order valence-electron chi connectivity index (χ4n) is 3.11. The van der Waals surface area contributed by atoms with Crippen molar-refractivity contribution in [2.45, 2.75) is 19.8 Å². The molecule has 1 aromatic carbocycles. The Morgan fingerprint density at radius 3 is 2.72 bits per heavy atom. The van der Waals surface area contributed by atoms with Gasteiger partial charge in [-0.25, -0.2) is 9.37 Å². The molecule has 0 radical (unpaired) electrons. The van der Waals surface area contributed by atoms with Crippen LogP contribution in [-0.2, 0) is 16.0 Å². The van der Waals surface area contributed by atoms with Crippen molar-refractivity contribution in [3.8, 4) is 11.5 Å². The third kappa shape index (κ3) is 4.04. The Kier molecular flexibility index (Phi) is 4.83. The molecule has 3 rings (SSSR count). The topological polar surface area (TPSA) is 83.6 Å². The van der Waals surface area contributed by atoms with Gasteiger partial charge in [-0.2, -0.15) is 0 Å². The van der Waals surface area contributed by atoms with Crippen LogP contribution in [0.3, 0.4) is 0 Å². The lowest BCUT2D eigenvalue weighted by Crippen LogP contribution is -2.46. The number of amides is 1. The number of carbonyl (C=O) groups excluding carboxylic acids is 1. The summed E-state index contributed by atoms with van der Waals surface area (Å²) in [6, 6.07) is 5.73. The minimum atomic E-state index is -0.871. The quantitative estimate of drug-likeness (QED) is 0.920. The molecule has 6 nitrogen and oxygen atoms in total. The Hall–Kier alpha value is -2.70. The fraction of sp³-hybridized carbons (Fsp3) is 0.389. The van der Waals surface area contributed by atoms with Crippen molar-refractivity contribution < 1.29 is 23.5 Å². The SMILES string of the molecule is CC1CC(C(=O)O)CN(C(=O)Cc2coc(-c3ccc(F)cc3)n2)C1. The second-order valence-corrected chi connectivity index (χ2v) is 6.50. The average molecular weight is 346 g/mol. The number of rotatable bonds is 4. The summed E-state index contributed by atoms with van der Waals surface area (Å²) in [5, 5.41) is 9.20. The van der Waals surface area contributed by atoms with E-state index in [9.17, 15) is 19.1 Å². The molecular formula is C18H19FN2O4. The first-order chi connectivity index (χ1) is 11.9. The first-order valence-electron chi connectivity index (χ1n) is 8.13. The number of benzene rings is 1. The van der Waals surface area contributed by atoms with Crippen LogP contribution in [0, 0.1) is 17.7 Å². The number of carboxylic acid groups (broad SMARTS) is 1. The van der Waals surface area contributed by atoms with Gasteiger partial charge in [0.1, 0.15) is 12.1 Å². The second kappa shape index (κ2) is 7.04. The number of carbonyl (C=O) groups is 2. The summed E-state index contributed by atoms with van der Waals surface area (Å²) in [4.78, 5) is 29.5. The fourth-order valence-corrected chi connectivity index (χ4v) is 3.11. The van der Waals surface area contributed by atoms with Crippen LogP contribution in [0.1, 0.15) is 19.0 Å². The van der Waals surface area contributed by atoms with Gasteiger partial charge in [0.25, 0.3) is 0 Å². The zero-order valence-electron chi connectivity index (χ0n) is 13.8. The molecule has 0 spiro atoms. The molecule has 2 atom stereocenters. The minimum Gasteiger partial charge on any atom is -0.481 e. The summed E-state index contributed by atoms with van der Waals surface area (Å²) < 4.78 is 18.3. The normalized spacial score (nSPS) is 20.5. The molecule has 0 aliphatic carbocycles. The van der Waals surface area contributed by atoms with Crippen LogP contribution in [0.25, 0.3) is 11.5 Å². The van der Waals surface area contributed by atoms with E-state index < -0.39 is 11.9 Å². The Bertz CT molecular complexity index is 772. The highest BCUT2D eigenvalue weighted by Crippen LogP contribution is 2.23. The van der Waals surface area contributed by atoms with Crippen molar-refractivity contribution in [3.63, 3.8) is 0 Å². The lowest BCUT2D eigenvalue weighted by Gasteiger charge is -2.34. The molecule has 132 valence electrons. The number of aromatic nitrogens is 1. The molecule has 2 heterocycles. The van der Waals surface area contributed by atoms with E-state index in [0.717, 1.165) is 0 Å². The Balaban J connectivity index is 1.67. The Labute approximate surface area is 144 Å². The molecule has 1 aromatic heterocycles. The zero-order valence-corrected chi connectivity index (χ0v) is 13.8. The molecule has 25 heavy (non-hydrogen) atoms. The van der Waals surface area contributed by atoms with Gasteiger partial charge in [-0.3, -0.25) is 9.59 Å². The predicted octanol–water partition coefficient (Wildman–Crippen LogP) is 2.59. The highest BCUT2D eigenvalue weighted by atomic mass is 19.1. The Morgan fingerprint density at radius 2 is 2.04 bits per heavy atom. The van der Waals surface area contributed by atoms with Crippen molar-refractivity contribution in [3.05, 3.63) is 42.0 Å². The van der Waals surface area contributed by atoms with E-state index in [0.29, 0.717) is 30.1 Å². The van der Waals surface area contributed by atoms with Crippen LogP contribution in [-0.4, -0.2) is 40.0 Å². The zero-order chi connectivity index (χ0) is 18.0. The van der Waals surface area contributed by atoms with Crippen molar-refractivity contribution in [1.29, 1.82) is 0 Å². The van der Waals surface area contributed by atoms with E-state index in [1.807, 2.05) is 6.92 Å². The minimum absolute atomic E-state index is 0.0454. The van der Waals surface area contributed by atoms with E-state index in [1.165, 1.54) is 18.4 Å². The summed E-state index contributed by atoms with van der Waals surface area (Å²) in [7, 11) is 0. The molecule has 0 saturated carbocycles. The third-order valence-electron chi connectivity index (χ3n) is 4.34. The van der Waals surface area contributed by atoms with Crippen LogP contribution in [0.4, 0.5) is 4.39 Å². The van der Waals surface area contributed by atoms with Gasteiger partial charge in [-0.05, 0) is 36.6 Å². The molecule has 1 aliphatic rings. The molecule has 1 fully saturated rings. The van der Waals surface area contributed by atoms with Gasteiger partial charge in [0.15, 0.2) is 0 Å². The van der Waals surface area contributed by atoms with Crippen molar-refractivity contribution in [2.24, 2.45) is 11.8 Å². The number of piperidine rings is 1. The second-order valence-electron chi connectivity index (χ2n) is 6.50. The number of hydrogen-bond donors (Lipinski definition) is 1. The van der Waals surface area contributed by atoms with Gasteiger partial charge in [0.05, 0.1) is 18.0 Å². The van der Waals surface area contributed by atoms with E-state index in [-0.39, 0.29) is 30.6 Å². The Morgan fingerprint density at radius 1 is 1.32 bits per heavy atom. The third-order valence-corrected chi connectivity index (χ3v) is 4.34. The lowest BCUT2D eigenvalue weighted by atomic mass is 9.90. The number of hydrogen-bond acceptors (Lipinski definition) is 4. The summed E-state index contributed by atoms with van der Waals surface area (Å²) in [6.45, 7) is 2.71. The molecule has 1 aliphatic heterocycles. The maximum absolute atomic E-state index is 13.0. The summed E-state index contributed by atoms with van der Waals surface area (Å²) >= 11 is 0. The van der Waals surface area contributed by atoms with Crippen LogP contribution in [0.5, 0.6) is 0 Å². The van der Waals surface area contributed by atoms with Crippen molar-refractivity contribution in [1.82, 2.24) is 9.88 Å². The molecule has 0 bridgehead atoms. The average Bonchev–Trinajstić information content (AvgIpc) is 3.03. The van der Waals surface area contributed by atoms with E-state index in [1.54, 1.807) is 17.0 Å². The van der Waals surface area contributed by atoms with Crippen LogP contribution in [0.15, 0.2) is 34.9 Å². The summed E-state index contributed by atoms with van der Waals surface area (Å²) in [6.07, 6.45) is 2.03. The molecule has 1 amide bonds. The monoisotopic (exact) mass is 346 g/mol. The van der Waals surface area contributed by atoms with Crippen molar-refractivity contribution >= 4 is 11.9 Å². The first kappa shape index (κ1) is 17.1. The number of aliphatic carboxylic acids is 1. The van der Waals surface area contributed by atoms with Crippen molar-refractivity contribution in [2.75, 3.05) is 13.1 Å². The predicted molar refractivity (Wildman–Crippen MR) is 87.1 cm³/mol. The molecular weight excluding hydrogens is 327 g/mol. The van der Waals surface area contributed by atoms with Crippen LogP contribution >= 0.6 is 0 Å². The van der Waals surface area contributed by atoms with E-state index >= 15 is 0 Å². The molecule has 1 saturated heterocycles. The summed E-state index contributed by atoms with van der Waals surface area (Å²) in [5.74, 6) is -1.46. The maximum atomic E-state index is 13.0. The van der Waals surface area contributed by atoms with Gasteiger partial charge in [-0.15, -0.1) is 0 Å². The number of nitrogens with zero attached hydrogens (tertiary/aromatic N) is 2. The largest absolute Gasteiger partial charge is 0.481 e. The number of likely N-dealkylation sites (tertiary alicyclic amines) is 1. The van der Waals surface area contributed by atoms with Crippen LogP contribution < -0.4 is 0 Å². The molecule has 2 unspecified atom stereocenters. The van der Waals surface area contributed by atoms with Gasteiger partial charge in [0, 0.05) is 18.7 Å². The molecule has 7 heteroatoms. The summed E-state index contributed by atoms with van der Waals surface area (Å²) in [5.41, 5.74) is 1.09. The number of halogens is 1. The highest BCUT2D eigenvalue weighted by molar-refractivity contribution is 5.80. The van der Waals surface area contributed by atoms with Gasteiger partial charge < -0.3 is 14.4 Å². The molecule has 2 aromatic rings. The molecule has 1 N–H and O–H groups in total. The smallest absolute Gasteiger partial charge is 0.308 e. The standard InChI is InChI=1S/C18H19FN2O4/c1-11-6-13(18(23)24)9-21(8-11)16(22)7-15-10-25-17(20-15)12-2-4-14(19)5-3-12/h2-5,10-11,13H,6-9H2,1H3,(H,23,24). The van der Waals surface area contributed by atoms with Crippen LogP contribution in [0.2, 0.25) is 0 Å². The number of oxazole rings is 1.